The van der Waals surface area contributed by atoms with Crippen molar-refractivity contribution in [1.82, 2.24) is 14.8 Å². The van der Waals surface area contributed by atoms with Crippen molar-refractivity contribution in [3.8, 4) is 6.07 Å². The van der Waals surface area contributed by atoms with Gasteiger partial charge in [0.25, 0.3) is 0 Å². The van der Waals surface area contributed by atoms with Crippen molar-refractivity contribution in [1.29, 1.82) is 5.26 Å². The molecule has 0 radical (unpaired) electrons. The molecule has 0 aliphatic rings. The van der Waals surface area contributed by atoms with Gasteiger partial charge >= 0.3 is 0 Å². The van der Waals surface area contributed by atoms with Crippen molar-refractivity contribution in [3.63, 3.8) is 0 Å². The highest BCUT2D eigenvalue weighted by Gasteiger charge is 2.21. The van der Waals surface area contributed by atoms with Crippen LogP contribution in [0.3, 0.4) is 0 Å². The second-order valence-corrected chi connectivity index (χ2v) is 8.05. The smallest absolute Gasteiger partial charge is 0.238 e. The fourth-order valence-electron chi connectivity index (χ4n) is 2.55. The molecule has 2 aromatic heterocycles. The van der Waals surface area contributed by atoms with Crippen LogP contribution < -0.4 is 5.32 Å². The van der Waals surface area contributed by atoms with Gasteiger partial charge in [-0.1, -0.05) is 42.1 Å². The maximum absolute atomic E-state index is 12.5. The number of hydrogen-bond acceptors (Lipinski definition) is 6. The third-order valence-electron chi connectivity index (χ3n) is 3.99. The predicted octanol–water partition coefficient (Wildman–Crippen LogP) is 3.94. The molecule has 3 aromatic rings. The second-order valence-electron chi connectivity index (χ2n) is 5.83. The number of carbonyl (C=O) groups excluding carboxylic acids is 1. The van der Waals surface area contributed by atoms with Crippen LogP contribution in [0.4, 0.5) is 5.00 Å². The lowest BCUT2D eigenvalue weighted by molar-refractivity contribution is -0.115. The van der Waals surface area contributed by atoms with Crippen molar-refractivity contribution in [2.45, 2.75) is 37.2 Å². The zero-order valence-electron chi connectivity index (χ0n) is 15.0. The second kappa shape index (κ2) is 8.84. The number of nitriles is 1. The van der Waals surface area contributed by atoms with E-state index in [1.54, 1.807) is 11.4 Å². The maximum Gasteiger partial charge on any atom is 0.238 e. The molecule has 1 atom stereocenters. The molecule has 6 nitrogen and oxygen atoms in total. The van der Waals surface area contributed by atoms with E-state index in [2.05, 4.69) is 33.7 Å². The normalized spacial score (nSPS) is 11.7. The van der Waals surface area contributed by atoms with E-state index >= 15 is 0 Å². The zero-order valence-corrected chi connectivity index (χ0v) is 16.7. The minimum absolute atomic E-state index is 0.158. The molecule has 0 aliphatic carbocycles. The van der Waals surface area contributed by atoms with E-state index in [0.717, 1.165) is 17.5 Å². The van der Waals surface area contributed by atoms with Gasteiger partial charge in [0.2, 0.25) is 5.91 Å². The first-order valence-corrected chi connectivity index (χ1v) is 10.3. The summed E-state index contributed by atoms with van der Waals surface area (Å²) in [4.78, 5) is 12.5. The number of nitrogens with zero attached hydrogens (tertiary/aromatic N) is 4. The minimum Gasteiger partial charge on any atom is -0.316 e. The summed E-state index contributed by atoms with van der Waals surface area (Å²) in [5.41, 5.74) is 1.65. The Bertz CT molecular complexity index is 958. The van der Waals surface area contributed by atoms with E-state index in [0.29, 0.717) is 17.0 Å². The Morgan fingerprint density at radius 3 is 2.81 bits per heavy atom. The Kier molecular flexibility index (Phi) is 6.27. The van der Waals surface area contributed by atoms with Gasteiger partial charge in [-0.2, -0.15) is 5.26 Å². The van der Waals surface area contributed by atoms with Crippen LogP contribution in [-0.2, 0) is 17.8 Å². The van der Waals surface area contributed by atoms with Gasteiger partial charge in [-0.3, -0.25) is 4.79 Å². The predicted molar refractivity (Wildman–Crippen MR) is 108 cm³/mol. The van der Waals surface area contributed by atoms with Crippen LogP contribution in [0.2, 0.25) is 0 Å². The number of nitrogens with one attached hydrogen (secondary N) is 1. The molecule has 0 unspecified atom stereocenters. The third kappa shape index (κ3) is 4.56. The van der Waals surface area contributed by atoms with Crippen molar-refractivity contribution in [3.05, 3.63) is 58.7 Å². The van der Waals surface area contributed by atoms with Gasteiger partial charge in [0.1, 0.15) is 16.9 Å². The topological polar surface area (TPSA) is 83.6 Å². The highest BCUT2D eigenvalue weighted by atomic mass is 32.2. The Labute approximate surface area is 166 Å². The highest BCUT2D eigenvalue weighted by Crippen LogP contribution is 2.27. The minimum atomic E-state index is -0.363. The number of benzene rings is 1. The van der Waals surface area contributed by atoms with Crippen LogP contribution in [0.15, 0.2) is 46.9 Å². The first-order valence-electron chi connectivity index (χ1n) is 8.53. The Hall–Kier alpha value is -2.63. The lowest BCUT2D eigenvalue weighted by Crippen LogP contribution is -2.22. The van der Waals surface area contributed by atoms with Gasteiger partial charge in [-0.25, -0.2) is 0 Å². The van der Waals surface area contributed by atoms with Crippen molar-refractivity contribution in [2.24, 2.45) is 0 Å². The molecule has 0 spiro atoms. The number of thiophene rings is 1. The molecular formula is C19H19N5OS2. The molecule has 1 N–H and O–H groups in total. The van der Waals surface area contributed by atoms with Gasteiger partial charge in [-0.15, -0.1) is 21.5 Å². The van der Waals surface area contributed by atoms with Gasteiger partial charge in [-0.05, 0) is 30.9 Å². The van der Waals surface area contributed by atoms with Gasteiger partial charge in [0, 0.05) is 13.0 Å². The van der Waals surface area contributed by atoms with Crippen molar-refractivity contribution in [2.75, 3.05) is 5.32 Å². The molecule has 0 bridgehead atoms. The number of aromatic nitrogens is 3. The Balaban J connectivity index is 1.69. The third-order valence-corrected chi connectivity index (χ3v) is 5.90. The first-order chi connectivity index (χ1) is 13.1. The SMILES string of the molecule is CCn1c(Cc2ccccc2)nnc1S[C@@H](C)C(=O)Nc1sccc1C#N. The summed E-state index contributed by atoms with van der Waals surface area (Å²) >= 11 is 2.71. The van der Waals surface area contributed by atoms with Gasteiger partial charge in [0.05, 0.1) is 10.8 Å². The highest BCUT2D eigenvalue weighted by molar-refractivity contribution is 8.00. The molecule has 8 heteroatoms. The summed E-state index contributed by atoms with van der Waals surface area (Å²) in [6.45, 7) is 4.60. The molecule has 1 aromatic carbocycles. The standard InChI is InChI=1S/C19H19N5OS2/c1-3-24-16(11-14-7-5-4-6-8-14)22-23-19(24)27-13(2)17(25)21-18-15(12-20)9-10-26-18/h4-10,13H,3,11H2,1-2H3,(H,21,25)/t13-/m0/s1. The quantitative estimate of drug-likeness (QED) is 0.611. The summed E-state index contributed by atoms with van der Waals surface area (Å²) in [5.74, 6) is 0.720. The fraction of sp³-hybridized carbons (Fsp3) is 0.263. The summed E-state index contributed by atoms with van der Waals surface area (Å²) in [7, 11) is 0. The molecule has 27 heavy (non-hydrogen) atoms. The van der Waals surface area contributed by atoms with Crippen LogP contribution in [0.1, 0.15) is 30.8 Å². The van der Waals surface area contributed by atoms with Crippen LogP contribution >= 0.6 is 23.1 Å². The zero-order chi connectivity index (χ0) is 19.2. The van der Waals surface area contributed by atoms with Gasteiger partial charge in [0.15, 0.2) is 5.16 Å². The number of amides is 1. The Morgan fingerprint density at radius 2 is 2.11 bits per heavy atom. The van der Waals surface area contributed by atoms with E-state index in [9.17, 15) is 4.79 Å². The maximum atomic E-state index is 12.5. The summed E-state index contributed by atoms with van der Waals surface area (Å²) < 4.78 is 2.04. The van der Waals surface area contributed by atoms with Crippen molar-refractivity contribution >= 4 is 34.0 Å². The summed E-state index contributed by atoms with van der Waals surface area (Å²) in [6.07, 6.45) is 0.698. The molecular weight excluding hydrogens is 378 g/mol. The van der Waals surface area contributed by atoms with E-state index in [4.69, 9.17) is 5.26 Å². The van der Waals surface area contributed by atoms with Crippen LogP contribution in [-0.4, -0.2) is 25.9 Å². The largest absolute Gasteiger partial charge is 0.316 e. The number of hydrogen-bond donors (Lipinski definition) is 1. The number of rotatable bonds is 7. The number of thioether (sulfide) groups is 1. The monoisotopic (exact) mass is 397 g/mol. The summed E-state index contributed by atoms with van der Waals surface area (Å²) in [5, 5.41) is 23.2. The molecule has 0 aliphatic heterocycles. The average Bonchev–Trinajstić information content (AvgIpc) is 3.28. The lowest BCUT2D eigenvalue weighted by atomic mass is 10.1. The summed E-state index contributed by atoms with van der Waals surface area (Å²) in [6, 6.07) is 13.9. The molecule has 3 rings (SSSR count). The molecule has 138 valence electrons. The average molecular weight is 398 g/mol. The molecule has 0 saturated heterocycles. The van der Waals surface area contributed by atoms with E-state index in [1.807, 2.05) is 36.6 Å². The molecule has 0 saturated carbocycles. The Morgan fingerprint density at radius 1 is 1.33 bits per heavy atom. The van der Waals surface area contributed by atoms with Crippen LogP contribution in [0.25, 0.3) is 0 Å². The molecule has 1 amide bonds. The van der Waals surface area contributed by atoms with E-state index in [1.165, 1.54) is 28.7 Å². The van der Waals surface area contributed by atoms with E-state index < -0.39 is 0 Å². The van der Waals surface area contributed by atoms with Gasteiger partial charge < -0.3 is 9.88 Å². The number of anilines is 1. The van der Waals surface area contributed by atoms with E-state index in [-0.39, 0.29) is 11.2 Å². The lowest BCUT2D eigenvalue weighted by Gasteiger charge is -2.12. The van der Waals surface area contributed by atoms with Crippen LogP contribution in [0.5, 0.6) is 0 Å². The fourth-order valence-corrected chi connectivity index (χ4v) is 4.22. The first kappa shape index (κ1) is 19.1. The van der Waals surface area contributed by atoms with Crippen molar-refractivity contribution < 1.29 is 4.79 Å². The molecule has 2 heterocycles. The molecule has 0 fully saturated rings. The van der Waals surface area contributed by atoms with Crippen LogP contribution in [0, 0.1) is 11.3 Å². The number of carbonyl (C=O) groups is 1.